The first-order valence-corrected chi connectivity index (χ1v) is 11.4. The third kappa shape index (κ3) is 4.48. The summed E-state index contributed by atoms with van der Waals surface area (Å²) in [7, 11) is 0. The Bertz CT molecular complexity index is 1220. The van der Waals surface area contributed by atoms with Gasteiger partial charge in [-0.2, -0.15) is 5.10 Å². The molecular weight excluding hydrogens is 463 g/mol. The van der Waals surface area contributed by atoms with E-state index in [9.17, 15) is 23.1 Å². The lowest BCUT2D eigenvalue weighted by atomic mass is 10.00. The van der Waals surface area contributed by atoms with Crippen molar-refractivity contribution < 1.29 is 27.8 Å². The molecule has 8 nitrogen and oxygen atoms in total. The number of rotatable bonds is 7. The summed E-state index contributed by atoms with van der Waals surface area (Å²) >= 11 is 0. The average molecular weight is 487 g/mol. The van der Waals surface area contributed by atoms with Crippen molar-refractivity contribution in [3.05, 3.63) is 70.9 Å². The zero-order valence-electron chi connectivity index (χ0n) is 18.8. The maximum absolute atomic E-state index is 14.7. The van der Waals surface area contributed by atoms with E-state index in [0.717, 1.165) is 12.6 Å². The molecule has 0 saturated carbocycles. The smallest absolute Gasteiger partial charge is 0.261 e. The van der Waals surface area contributed by atoms with Gasteiger partial charge in [0, 0.05) is 37.1 Å². The molecule has 1 saturated heterocycles. The minimum absolute atomic E-state index is 0.0467. The SMILES string of the molecule is O=C1c2cnn(Cc3c(F)cccc3F)c2CCN1c1cc(NC(CO)C2CCOC2)ncc1F. The van der Waals surface area contributed by atoms with Crippen molar-refractivity contribution >= 4 is 17.4 Å². The van der Waals surface area contributed by atoms with Gasteiger partial charge in [0.2, 0.25) is 0 Å². The van der Waals surface area contributed by atoms with Crippen LogP contribution >= 0.6 is 0 Å². The summed E-state index contributed by atoms with van der Waals surface area (Å²) in [5, 5.41) is 17.1. The van der Waals surface area contributed by atoms with Gasteiger partial charge in [0.1, 0.15) is 17.5 Å². The van der Waals surface area contributed by atoms with Crippen molar-refractivity contribution in [2.75, 3.05) is 36.6 Å². The summed E-state index contributed by atoms with van der Waals surface area (Å²) in [6, 6.07) is 4.74. The van der Waals surface area contributed by atoms with Gasteiger partial charge in [-0.3, -0.25) is 9.48 Å². The number of nitrogens with zero attached hydrogens (tertiary/aromatic N) is 4. The highest BCUT2D eigenvalue weighted by molar-refractivity contribution is 6.08. The molecule has 2 unspecified atom stereocenters. The number of fused-ring (bicyclic) bond motifs is 1. The first-order chi connectivity index (χ1) is 17.0. The number of amides is 1. The number of pyridine rings is 1. The number of aromatic nitrogens is 3. The molecule has 184 valence electrons. The molecule has 5 rings (SSSR count). The maximum atomic E-state index is 14.7. The van der Waals surface area contributed by atoms with E-state index in [0.29, 0.717) is 31.1 Å². The molecular formula is C24H24F3N5O3. The monoisotopic (exact) mass is 487 g/mol. The Hall–Kier alpha value is -3.44. The van der Waals surface area contributed by atoms with E-state index < -0.39 is 23.4 Å². The topological polar surface area (TPSA) is 92.5 Å². The van der Waals surface area contributed by atoms with E-state index in [-0.39, 0.29) is 48.5 Å². The molecule has 11 heteroatoms. The fourth-order valence-electron chi connectivity index (χ4n) is 4.60. The van der Waals surface area contributed by atoms with Crippen LogP contribution in [0.3, 0.4) is 0 Å². The van der Waals surface area contributed by atoms with E-state index in [4.69, 9.17) is 4.74 Å². The Balaban J connectivity index is 1.38. The van der Waals surface area contributed by atoms with Gasteiger partial charge in [0.15, 0.2) is 5.82 Å². The number of anilines is 2. The normalized spacial score (nSPS) is 18.6. The van der Waals surface area contributed by atoms with Crippen LogP contribution in [0.5, 0.6) is 0 Å². The second-order valence-electron chi connectivity index (χ2n) is 8.65. The Morgan fingerprint density at radius 1 is 1.20 bits per heavy atom. The third-order valence-electron chi connectivity index (χ3n) is 6.56. The minimum Gasteiger partial charge on any atom is -0.394 e. The molecule has 2 N–H and O–H groups in total. The highest BCUT2D eigenvalue weighted by Gasteiger charge is 2.32. The molecule has 2 aliphatic heterocycles. The molecule has 3 aromatic rings. The number of benzene rings is 1. The molecule has 4 heterocycles. The standard InChI is InChI=1S/C24H24F3N5O3/c25-17-2-1-3-18(26)16(17)11-32-21-4-6-31(24(34)15(21)9-29-32)22-8-23(28-10-19(22)27)30-20(12-33)14-5-7-35-13-14/h1-3,8-10,14,20,33H,4-7,11-13H2,(H,28,30). The molecule has 0 spiro atoms. The van der Waals surface area contributed by atoms with Crippen molar-refractivity contribution in [3.63, 3.8) is 0 Å². The van der Waals surface area contributed by atoms with Crippen LogP contribution in [-0.4, -0.2) is 58.2 Å². The summed E-state index contributed by atoms with van der Waals surface area (Å²) in [6.07, 6.45) is 3.48. The number of halogens is 3. The number of aliphatic hydroxyl groups is 1. The summed E-state index contributed by atoms with van der Waals surface area (Å²) in [5.74, 6) is -2.09. The Morgan fingerprint density at radius 3 is 2.71 bits per heavy atom. The van der Waals surface area contributed by atoms with E-state index in [2.05, 4.69) is 15.4 Å². The predicted octanol–water partition coefficient (Wildman–Crippen LogP) is 2.76. The van der Waals surface area contributed by atoms with Crippen LogP contribution in [0.25, 0.3) is 0 Å². The Labute approximate surface area is 199 Å². The number of hydrogen-bond acceptors (Lipinski definition) is 6. The van der Waals surface area contributed by atoms with Gasteiger partial charge in [-0.15, -0.1) is 0 Å². The molecule has 2 atom stereocenters. The van der Waals surface area contributed by atoms with E-state index in [1.165, 1.54) is 40.0 Å². The Morgan fingerprint density at radius 2 is 2.00 bits per heavy atom. The highest BCUT2D eigenvalue weighted by atomic mass is 19.1. The summed E-state index contributed by atoms with van der Waals surface area (Å²) in [4.78, 5) is 18.6. The highest BCUT2D eigenvalue weighted by Crippen LogP contribution is 2.29. The number of carbonyl (C=O) groups is 1. The summed E-state index contributed by atoms with van der Waals surface area (Å²) in [5.41, 5.74) is 0.680. The van der Waals surface area contributed by atoms with Gasteiger partial charge in [0.25, 0.3) is 5.91 Å². The van der Waals surface area contributed by atoms with Crippen LogP contribution in [-0.2, 0) is 17.7 Å². The molecule has 1 aromatic carbocycles. The second-order valence-corrected chi connectivity index (χ2v) is 8.65. The van der Waals surface area contributed by atoms with Crippen LogP contribution < -0.4 is 10.2 Å². The van der Waals surface area contributed by atoms with Crippen molar-refractivity contribution in [2.45, 2.75) is 25.4 Å². The fourth-order valence-corrected chi connectivity index (χ4v) is 4.60. The van der Waals surface area contributed by atoms with Crippen molar-refractivity contribution in [1.82, 2.24) is 14.8 Å². The number of ether oxygens (including phenoxy) is 1. The van der Waals surface area contributed by atoms with Gasteiger partial charge in [0.05, 0.1) is 55.1 Å². The third-order valence-corrected chi connectivity index (χ3v) is 6.56. The lowest BCUT2D eigenvalue weighted by Gasteiger charge is -2.28. The largest absolute Gasteiger partial charge is 0.394 e. The van der Waals surface area contributed by atoms with Gasteiger partial charge >= 0.3 is 0 Å². The second kappa shape index (κ2) is 9.67. The molecule has 1 amide bonds. The predicted molar refractivity (Wildman–Crippen MR) is 121 cm³/mol. The van der Waals surface area contributed by atoms with Gasteiger partial charge in [-0.05, 0) is 18.6 Å². The lowest BCUT2D eigenvalue weighted by molar-refractivity contribution is 0.0979. The van der Waals surface area contributed by atoms with Crippen LogP contribution in [0.2, 0.25) is 0 Å². The number of hydrogen-bond donors (Lipinski definition) is 2. The quantitative estimate of drug-likeness (QED) is 0.533. The number of carbonyl (C=O) groups excluding carboxylic acids is 1. The maximum Gasteiger partial charge on any atom is 0.261 e. The van der Waals surface area contributed by atoms with Gasteiger partial charge in [-0.25, -0.2) is 18.2 Å². The summed E-state index contributed by atoms with van der Waals surface area (Å²) < 4.78 is 49.7. The molecule has 0 radical (unpaired) electrons. The van der Waals surface area contributed by atoms with E-state index in [1.54, 1.807) is 0 Å². The van der Waals surface area contributed by atoms with Crippen molar-refractivity contribution in [2.24, 2.45) is 5.92 Å². The van der Waals surface area contributed by atoms with Crippen molar-refractivity contribution in [1.29, 1.82) is 0 Å². The molecule has 0 aliphatic carbocycles. The molecule has 0 bridgehead atoms. The average Bonchev–Trinajstić information content (AvgIpc) is 3.52. The Kier molecular flexibility index (Phi) is 6.44. The molecule has 2 aromatic heterocycles. The van der Waals surface area contributed by atoms with Gasteiger partial charge < -0.3 is 20.1 Å². The van der Waals surface area contributed by atoms with Gasteiger partial charge in [-0.1, -0.05) is 6.07 Å². The number of aliphatic hydroxyl groups excluding tert-OH is 1. The first-order valence-electron chi connectivity index (χ1n) is 11.4. The number of nitrogens with one attached hydrogen (secondary N) is 1. The molecule has 2 aliphatic rings. The van der Waals surface area contributed by atoms with E-state index >= 15 is 0 Å². The molecule has 35 heavy (non-hydrogen) atoms. The van der Waals surface area contributed by atoms with Crippen LogP contribution in [0.15, 0.2) is 36.7 Å². The zero-order chi connectivity index (χ0) is 24.5. The fraction of sp³-hybridized carbons (Fsp3) is 0.375. The van der Waals surface area contributed by atoms with Crippen LogP contribution in [0.1, 0.15) is 28.0 Å². The minimum atomic E-state index is -0.692. The first kappa shape index (κ1) is 23.3. The van der Waals surface area contributed by atoms with Crippen LogP contribution in [0.4, 0.5) is 24.7 Å². The van der Waals surface area contributed by atoms with Crippen molar-refractivity contribution in [3.8, 4) is 0 Å². The zero-order valence-corrected chi connectivity index (χ0v) is 18.8. The molecule has 1 fully saturated rings. The summed E-state index contributed by atoms with van der Waals surface area (Å²) in [6.45, 7) is 0.979. The lowest BCUT2D eigenvalue weighted by Crippen LogP contribution is -2.39. The van der Waals surface area contributed by atoms with Crippen LogP contribution in [0, 0.1) is 23.4 Å². The van der Waals surface area contributed by atoms with E-state index in [1.807, 2.05) is 0 Å².